The molecule has 0 unspecified atom stereocenters. The first-order chi connectivity index (χ1) is 9.28. The SMILES string of the molecule is COc1ccc2c(Cl)cc(N3CCOCC3)nc2c1. The van der Waals surface area contributed by atoms with E-state index >= 15 is 0 Å². The third-order valence-electron chi connectivity index (χ3n) is 3.29. The summed E-state index contributed by atoms with van der Waals surface area (Å²) >= 11 is 6.34. The van der Waals surface area contributed by atoms with Crippen molar-refractivity contribution in [1.82, 2.24) is 4.98 Å². The second kappa shape index (κ2) is 5.23. The maximum Gasteiger partial charge on any atom is 0.130 e. The molecular formula is C14H15ClN2O2. The van der Waals surface area contributed by atoms with E-state index < -0.39 is 0 Å². The van der Waals surface area contributed by atoms with Crippen LogP contribution in [0.5, 0.6) is 5.75 Å². The van der Waals surface area contributed by atoms with Crippen molar-refractivity contribution in [2.75, 3.05) is 38.3 Å². The number of hydrogen-bond donors (Lipinski definition) is 0. The molecule has 100 valence electrons. The molecule has 1 aliphatic rings. The lowest BCUT2D eigenvalue weighted by Crippen LogP contribution is -2.36. The number of rotatable bonds is 2. The number of nitrogens with zero attached hydrogens (tertiary/aromatic N) is 2. The Morgan fingerprint density at radius 2 is 2.05 bits per heavy atom. The molecule has 0 amide bonds. The van der Waals surface area contributed by atoms with Crippen molar-refractivity contribution in [2.45, 2.75) is 0 Å². The van der Waals surface area contributed by atoms with Crippen LogP contribution in [0, 0.1) is 0 Å². The number of benzene rings is 1. The Labute approximate surface area is 116 Å². The Morgan fingerprint density at radius 3 is 2.79 bits per heavy atom. The van der Waals surface area contributed by atoms with Crippen LogP contribution >= 0.6 is 11.6 Å². The molecule has 1 aromatic heterocycles. The molecule has 3 rings (SSSR count). The fraction of sp³-hybridized carbons (Fsp3) is 0.357. The van der Waals surface area contributed by atoms with Crippen LogP contribution in [0.25, 0.3) is 10.9 Å². The van der Waals surface area contributed by atoms with Gasteiger partial charge in [0.05, 0.1) is 30.9 Å². The topological polar surface area (TPSA) is 34.6 Å². The van der Waals surface area contributed by atoms with Gasteiger partial charge in [-0.2, -0.15) is 0 Å². The van der Waals surface area contributed by atoms with Gasteiger partial charge in [0, 0.05) is 24.5 Å². The minimum atomic E-state index is 0.717. The van der Waals surface area contributed by atoms with Crippen LogP contribution in [0.4, 0.5) is 5.82 Å². The molecule has 2 aromatic rings. The second-order valence-electron chi connectivity index (χ2n) is 4.44. The molecule has 0 bridgehead atoms. The van der Waals surface area contributed by atoms with Crippen LogP contribution in [0.3, 0.4) is 0 Å². The van der Waals surface area contributed by atoms with E-state index in [1.54, 1.807) is 7.11 Å². The van der Waals surface area contributed by atoms with Crippen LogP contribution in [0.2, 0.25) is 5.02 Å². The maximum atomic E-state index is 6.34. The highest BCUT2D eigenvalue weighted by Crippen LogP contribution is 2.29. The fourth-order valence-corrected chi connectivity index (χ4v) is 2.49. The van der Waals surface area contributed by atoms with Crippen molar-refractivity contribution in [2.24, 2.45) is 0 Å². The van der Waals surface area contributed by atoms with Gasteiger partial charge in [-0.25, -0.2) is 4.98 Å². The van der Waals surface area contributed by atoms with Gasteiger partial charge >= 0.3 is 0 Å². The Bertz CT molecular complexity index is 597. The van der Waals surface area contributed by atoms with E-state index in [2.05, 4.69) is 9.88 Å². The molecule has 2 heterocycles. The predicted octanol–water partition coefficient (Wildman–Crippen LogP) is 2.73. The first kappa shape index (κ1) is 12.5. The van der Waals surface area contributed by atoms with Crippen molar-refractivity contribution in [1.29, 1.82) is 0 Å². The second-order valence-corrected chi connectivity index (χ2v) is 4.85. The number of hydrogen-bond acceptors (Lipinski definition) is 4. The molecular weight excluding hydrogens is 264 g/mol. The summed E-state index contributed by atoms with van der Waals surface area (Å²) in [5, 5.41) is 1.66. The zero-order chi connectivity index (χ0) is 13.2. The number of morpholine rings is 1. The molecule has 0 spiro atoms. The molecule has 0 aliphatic carbocycles. The maximum absolute atomic E-state index is 6.34. The molecule has 0 radical (unpaired) electrons. The first-order valence-electron chi connectivity index (χ1n) is 6.25. The van der Waals surface area contributed by atoms with E-state index in [1.807, 2.05) is 24.3 Å². The summed E-state index contributed by atoms with van der Waals surface area (Å²) < 4.78 is 10.6. The van der Waals surface area contributed by atoms with Crippen LogP contribution in [-0.2, 0) is 4.74 Å². The number of methoxy groups -OCH3 is 1. The zero-order valence-corrected chi connectivity index (χ0v) is 11.5. The van der Waals surface area contributed by atoms with E-state index in [0.717, 1.165) is 48.8 Å². The molecule has 19 heavy (non-hydrogen) atoms. The number of ether oxygens (including phenoxy) is 2. The Morgan fingerprint density at radius 1 is 1.26 bits per heavy atom. The van der Waals surface area contributed by atoms with Gasteiger partial charge in [-0.15, -0.1) is 0 Å². The molecule has 5 heteroatoms. The summed E-state index contributed by atoms with van der Waals surface area (Å²) in [6, 6.07) is 7.66. The highest BCUT2D eigenvalue weighted by molar-refractivity contribution is 6.35. The summed E-state index contributed by atoms with van der Waals surface area (Å²) in [6.07, 6.45) is 0. The van der Waals surface area contributed by atoms with Gasteiger partial charge in [0.15, 0.2) is 0 Å². The Kier molecular flexibility index (Phi) is 3.44. The summed E-state index contributed by atoms with van der Waals surface area (Å²) in [4.78, 5) is 6.86. The minimum absolute atomic E-state index is 0.717. The molecule has 1 saturated heterocycles. The monoisotopic (exact) mass is 278 g/mol. The lowest BCUT2D eigenvalue weighted by Gasteiger charge is -2.28. The zero-order valence-electron chi connectivity index (χ0n) is 10.7. The van der Waals surface area contributed by atoms with Crippen molar-refractivity contribution in [3.63, 3.8) is 0 Å². The number of fused-ring (bicyclic) bond motifs is 1. The lowest BCUT2D eigenvalue weighted by molar-refractivity contribution is 0.122. The summed E-state index contributed by atoms with van der Waals surface area (Å²) in [5.74, 6) is 1.68. The summed E-state index contributed by atoms with van der Waals surface area (Å²) in [6.45, 7) is 3.16. The average Bonchev–Trinajstić information content (AvgIpc) is 2.47. The molecule has 0 saturated carbocycles. The van der Waals surface area contributed by atoms with Crippen molar-refractivity contribution >= 4 is 28.3 Å². The molecule has 1 fully saturated rings. The van der Waals surface area contributed by atoms with E-state index in [9.17, 15) is 0 Å². The lowest BCUT2D eigenvalue weighted by atomic mass is 10.2. The van der Waals surface area contributed by atoms with Gasteiger partial charge in [-0.3, -0.25) is 0 Å². The van der Waals surface area contributed by atoms with Crippen molar-refractivity contribution in [3.05, 3.63) is 29.3 Å². The number of pyridine rings is 1. The first-order valence-corrected chi connectivity index (χ1v) is 6.63. The van der Waals surface area contributed by atoms with Gasteiger partial charge in [0.1, 0.15) is 11.6 Å². The van der Waals surface area contributed by atoms with Crippen molar-refractivity contribution in [3.8, 4) is 5.75 Å². The van der Waals surface area contributed by atoms with Gasteiger partial charge in [0.25, 0.3) is 0 Å². The summed E-state index contributed by atoms with van der Waals surface area (Å²) in [5.41, 5.74) is 0.855. The highest BCUT2D eigenvalue weighted by Gasteiger charge is 2.14. The van der Waals surface area contributed by atoms with E-state index in [1.165, 1.54) is 0 Å². The molecule has 1 aliphatic heterocycles. The van der Waals surface area contributed by atoms with Crippen molar-refractivity contribution < 1.29 is 9.47 Å². The summed E-state index contributed by atoms with van der Waals surface area (Å²) in [7, 11) is 1.65. The average molecular weight is 279 g/mol. The largest absolute Gasteiger partial charge is 0.497 e. The Balaban J connectivity index is 2.05. The van der Waals surface area contributed by atoms with E-state index in [-0.39, 0.29) is 0 Å². The van der Waals surface area contributed by atoms with Gasteiger partial charge in [-0.05, 0) is 18.2 Å². The number of aromatic nitrogens is 1. The van der Waals surface area contributed by atoms with Gasteiger partial charge in [0.2, 0.25) is 0 Å². The number of anilines is 1. The normalized spacial score (nSPS) is 15.8. The van der Waals surface area contributed by atoms with Crippen LogP contribution < -0.4 is 9.64 Å². The highest BCUT2D eigenvalue weighted by atomic mass is 35.5. The fourth-order valence-electron chi connectivity index (χ4n) is 2.23. The van der Waals surface area contributed by atoms with Crippen LogP contribution in [-0.4, -0.2) is 38.4 Å². The molecule has 0 N–H and O–H groups in total. The smallest absolute Gasteiger partial charge is 0.130 e. The van der Waals surface area contributed by atoms with Crippen LogP contribution in [0.15, 0.2) is 24.3 Å². The minimum Gasteiger partial charge on any atom is -0.497 e. The van der Waals surface area contributed by atoms with Crippen LogP contribution in [0.1, 0.15) is 0 Å². The number of halogens is 1. The third-order valence-corrected chi connectivity index (χ3v) is 3.60. The Hall–Kier alpha value is -1.52. The van der Waals surface area contributed by atoms with E-state index in [0.29, 0.717) is 5.02 Å². The van der Waals surface area contributed by atoms with Gasteiger partial charge in [-0.1, -0.05) is 11.6 Å². The molecule has 0 atom stereocenters. The molecule has 4 nitrogen and oxygen atoms in total. The third kappa shape index (κ3) is 2.46. The standard InChI is InChI=1S/C14H15ClN2O2/c1-18-10-2-3-11-12(15)9-14(16-13(11)8-10)17-4-6-19-7-5-17/h2-3,8-9H,4-7H2,1H3. The molecule has 1 aromatic carbocycles. The predicted molar refractivity (Wildman–Crippen MR) is 76.3 cm³/mol. The van der Waals surface area contributed by atoms with Gasteiger partial charge < -0.3 is 14.4 Å². The van der Waals surface area contributed by atoms with E-state index in [4.69, 9.17) is 21.1 Å². The quantitative estimate of drug-likeness (QED) is 0.846.